The van der Waals surface area contributed by atoms with E-state index in [1.807, 2.05) is 0 Å². The van der Waals surface area contributed by atoms with Gasteiger partial charge in [0.25, 0.3) is 11.5 Å². The third-order valence-electron chi connectivity index (χ3n) is 3.28. The second-order valence-corrected chi connectivity index (χ2v) is 4.71. The van der Waals surface area contributed by atoms with Crippen molar-refractivity contribution in [3.8, 4) is 0 Å². The van der Waals surface area contributed by atoms with Crippen LogP contribution in [0.5, 0.6) is 0 Å². The minimum absolute atomic E-state index is 0.101. The van der Waals surface area contributed by atoms with Gasteiger partial charge >= 0.3 is 0 Å². The third-order valence-corrected chi connectivity index (χ3v) is 3.28. The monoisotopic (exact) mass is 236 g/mol. The van der Waals surface area contributed by atoms with Gasteiger partial charge in [-0.05, 0) is 18.9 Å². The van der Waals surface area contributed by atoms with Crippen molar-refractivity contribution >= 4 is 5.91 Å². The minimum atomic E-state index is -0.262. The molecule has 2 rings (SSSR count). The number of amides is 1. The molecule has 0 aliphatic heterocycles. The summed E-state index contributed by atoms with van der Waals surface area (Å²) in [4.78, 5) is 23.1. The Labute approximate surface area is 99.1 Å². The molecule has 0 aromatic carbocycles. The highest BCUT2D eigenvalue weighted by molar-refractivity contribution is 5.94. The van der Waals surface area contributed by atoms with Gasteiger partial charge in [-0.2, -0.15) is 0 Å². The predicted octanol–water partition coefficient (Wildman–Crippen LogP) is -0.112. The van der Waals surface area contributed by atoms with Gasteiger partial charge in [0, 0.05) is 36.8 Å². The van der Waals surface area contributed by atoms with Crippen molar-refractivity contribution in [3.05, 3.63) is 34.2 Å². The normalized spacial score (nSPS) is 16.6. The zero-order valence-electron chi connectivity index (χ0n) is 9.77. The van der Waals surface area contributed by atoms with Gasteiger partial charge in [-0.15, -0.1) is 0 Å². The maximum absolute atomic E-state index is 11.8. The average Bonchev–Trinajstić information content (AvgIpc) is 3.10. The van der Waals surface area contributed by atoms with Gasteiger partial charge < -0.3 is 15.0 Å². The number of aromatic nitrogens is 1. The van der Waals surface area contributed by atoms with E-state index in [0.717, 1.165) is 12.8 Å². The fourth-order valence-corrected chi connectivity index (χ4v) is 1.63. The van der Waals surface area contributed by atoms with E-state index in [1.54, 1.807) is 19.3 Å². The Hall–Kier alpha value is -1.62. The predicted molar refractivity (Wildman–Crippen MR) is 62.8 cm³/mol. The van der Waals surface area contributed by atoms with Gasteiger partial charge in [-0.25, -0.2) is 0 Å². The molecule has 1 heterocycles. The van der Waals surface area contributed by atoms with E-state index in [0.29, 0.717) is 12.1 Å². The fourth-order valence-electron chi connectivity index (χ4n) is 1.63. The molecule has 92 valence electrons. The number of aliphatic hydroxyl groups excluding tert-OH is 1. The molecule has 1 fully saturated rings. The second-order valence-electron chi connectivity index (χ2n) is 4.71. The summed E-state index contributed by atoms with van der Waals surface area (Å²) in [5.74, 6) is -0.262. The van der Waals surface area contributed by atoms with Crippen molar-refractivity contribution in [1.82, 2.24) is 9.88 Å². The van der Waals surface area contributed by atoms with Crippen LogP contribution < -0.4 is 10.9 Å². The van der Waals surface area contributed by atoms with Gasteiger partial charge in [0.2, 0.25) is 0 Å². The van der Waals surface area contributed by atoms with Crippen LogP contribution in [0.4, 0.5) is 0 Å². The van der Waals surface area contributed by atoms with Crippen LogP contribution in [-0.2, 0) is 7.05 Å². The lowest BCUT2D eigenvalue weighted by Gasteiger charge is -2.12. The maximum Gasteiger partial charge on any atom is 0.251 e. The SMILES string of the molecule is Cn1ccc(C(=O)NCC2(CO)CC2)cc1=O. The van der Waals surface area contributed by atoms with Gasteiger partial charge in [-0.1, -0.05) is 0 Å². The molecule has 1 aliphatic carbocycles. The molecule has 5 nitrogen and oxygen atoms in total. The fraction of sp³-hybridized carbons (Fsp3) is 0.500. The van der Waals surface area contributed by atoms with Crippen molar-refractivity contribution < 1.29 is 9.90 Å². The van der Waals surface area contributed by atoms with Crippen LogP contribution in [0.1, 0.15) is 23.2 Å². The molecule has 1 aromatic rings. The summed E-state index contributed by atoms with van der Waals surface area (Å²) in [5.41, 5.74) is 0.0397. The molecule has 0 spiro atoms. The van der Waals surface area contributed by atoms with Crippen molar-refractivity contribution in [2.45, 2.75) is 12.8 Å². The Bertz CT molecular complexity index is 489. The summed E-state index contributed by atoms with van der Waals surface area (Å²) in [5, 5.41) is 11.9. The van der Waals surface area contributed by atoms with Gasteiger partial charge in [0.15, 0.2) is 0 Å². The second kappa shape index (κ2) is 4.33. The van der Waals surface area contributed by atoms with E-state index in [2.05, 4.69) is 5.32 Å². The molecule has 0 radical (unpaired) electrons. The van der Waals surface area contributed by atoms with E-state index in [4.69, 9.17) is 5.11 Å². The maximum atomic E-state index is 11.8. The van der Waals surface area contributed by atoms with Crippen molar-refractivity contribution in [2.75, 3.05) is 13.2 Å². The summed E-state index contributed by atoms with van der Waals surface area (Å²) in [7, 11) is 1.63. The van der Waals surface area contributed by atoms with Gasteiger partial charge in [0.05, 0.1) is 6.61 Å². The minimum Gasteiger partial charge on any atom is -0.396 e. The molecule has 1 aliphatic rings. The lowest BCUT2D eigenvalue weighted by atomic mass is 10.1. The molecular weight excluding hydrogens is 220 g/mol. The number of hydrogen-bond donors (Lipinski definition) is 2. The first-order valence-electron chi connectivity index (χ1n) is 5.62. The van der Waals surface area contributed by atoms with E-state index in [9.17, 15) is 9.59 Å². The topological polar surface area (TPSA) is 71.3 Å². The molecule has 1 amide bonds. The van der Waals surface area contributed by atoms with E-state index >= 15 is 0 Å². The molecule has 5 heteroatoms. The largest absolute Gasteiger partial charge is 0.396 e. The van der Waals surface area contributed by atoms with Crippen LogP contribution in [-0.4, -0.2) is 28.7 Å². The molecule has 1 aromatic heterocycles. The van der Waals surface area contributed by atoms with E-state index in [-0.39, 0.29) is 23.5 Å². The average molecular weight is 236 g/mol. The Balaban J connectivity index is 2.00. The molecule has 1 saturated carbocycles. The van der Waals surface area contributed by atoms with Crippen LogP contribution >= 0.6 is 0 Å². The van der Waals surface area contributed by atoms with Crippen LogP contribution in [0.3, 0.4) is 0 Å². The van der Waals surface area contributed by atoms with Crippen LogP contribution in [0.15, 0.2) is 23.1 Å². The number of pyridine rings is 1. The van der Waals surface area contributed by atoms with Gasteiger partial charge in [0.1, 0.15) is 0 Å². The number of carbonyl (C=O) groups excluding carboxylic acids is 1. The number of carbonyl (C=O) groups is 1. The quantitative estimate of drug-likeness (QED) is 0.766. The van der Waals surface area contributed by atoms with Crippen LogP contribution in [0.2, 0.25) is 0 Å². The zero-order chi connectivity index (χ0) is 12.5. The van der Waals surface area contributed by atoms with Gasteiger partial charge in [-0.3, -0.25) is 9.59 Å². The molecule has 2 N–H and O–H groups in total. The Morgan fingerprint density at radius 3 is 2.82 bits per heavy atom. The molecule has 0 atom stereocenters. The van der Waals surface area contributed by atoms with Crippen LogP contribution in [0, 0.1) is 5.41 Å². The molecule has 0 saturated heterocycles. The number of aryl methyl sites for hydroxylation is 1. The number of aliphatic hydroxyl groups is 1. The summed E-state index contributed by atoms with van der Waals surface area (Å²) >= 11 is 0. The molecule has 17 heavy (non-hydrogen) atoms. The molecular formula is C12H16N2O3. The zero-order valence-corrected chi connectivity index (χ0v) is 9.77. The Morgan fingerprint density at radius 1 is 1.59 bits per heavy atom. The van der Waals surface area contributed by atoms with Crippen molar-refractivity contribution in [2.24, 2.45) is 12.5 Å². The van der Waals surface area contributed by atoms with Crippen molar-refractivity contribution in [1.29, 1.82) is 0 Å². The first-order valence-corrected chi connectivity index (χ1v) is 5.62. The first-order chi connectivity index (χ1) is 8.06. The highest BCUT2D eigenvalue weighted by Gasteiger charge is 2.42. The number of nitrogens with one attached hydrogen (secondary N) is 1. The lowest BCUT2D eigenvalue weighted by Crippen LogP contribution is -2.32. The van der Waals surface area contributed by atoms with Crippen molar-refractivity contribution in [3.63, 3.8) is 0 Å². The summed E-state index contributed by atoms with van der Waals surface area (Å²) in [6, 6.07) is 2.92. The summed E-state index contributed by atoms with van der Waals surface area (Å²) in [6.45, 7) is 0.571. The van der Waals surface area contributed by atoms with Crippen LogP contribution in [0.25, 0.3) is 0 Å². The van der Waals surface area contributed by atoms with E-state index < -0.39 is 0 Å². The summed E-state index contributed by atoms with van der Waals surface area (Å²) in [6.07, 6.45) is 3.46. The number of hydrogen-bond acceptors (Lipinski definition) is 3. The highest BCUT2D eigenvalue weighted by atomic mass is 16.3. The number of nitrogens with zero attached hydrogens (tertiary/aromatic N) is 1. The number of rotatable bonds is 4. The lowest BCUT2D eigenvalue weighted by molar-refractivity contribution is 0.0935. The Kier molecular flexibility index (Phi) is 3.02. The molecule has 0 unspecified atom stereocenters. The first kappa shape index (κ1) is 11.9. The highest BCUT2D eigenvalue weighted by Crippen LogP contribution is 2.44. The molecule has 0 bridgehead atoms. The summed E-state index contributed by atoms with van der Waals surface area (Å²) < 4.78 is 1.41. The Morgan fingerprint density at radius 2 is 2.29 bits per heavy atom. The van der Waals surface area contributed by atoms with E-state index in [1.165, 1.54) is 10.6 Å². The smallest absolute Gasteiger partial charge is 0.251 e. The standard InChI is InChI=1S/C12H16N2O3/c1-14-5-2-9(6-10(14)16)11(17)13-7-12(8-15)3-4-12/h2,5-6,15H,3-4,7-8H2,1H3,(H,13,17). The third kappa shape index (κ3) is 2.55.